The highest BCUT2D eigenvalue weighted by Crippen LogP contribution is 2.34. The molecular weight excluding hydrogens is 405 g/mol. The zero-order valence-corrected chi connectivity index (χ0v) is 15.3. The Hall–Kier alpha value is -2.10. The molecule has 1 fully saturated rings. The van der Waals surface area contributed by atoms with E-state index in [0.717, 1.165) is 23.1 Å². The zero-order valence-electron chi connectivity index (χ0n) is 13.8. The topological polar surface area (TPSA) is 58.6 Å². The maximum Gasteiger partial charge on any atom is 0.416 e. The Labute approximate surface area is 161 Å². The van der Waals surface area contributed by atoms with Crippen molar-refractivity contribution in [3.05, 3.63) is 51.2 Å². The molecule has 5 nitrogen and oxygen atoms in total. The van der Waals surface area contributed by atoms with E-state index < -0.39 is 23.7 Å². The SMILES string of the molecule is O=C(Nc1cc(C(F)(F)F)ccc1Cl)C1COCC(=O)N1Cc1cccs1. The summed E-state index contributed by atoms with van der Waals surface area (Å²) in [7, 11) is 0. The number of benzene rings is 1. The number of nitrogens with one attached hydrogen (secondary N) is 1. The first-order valence-electron chi connectivity index (χ1n) is 7.83. The number of anilines is 1. The van der Waals surface area contributed by atoms with Crippen LogP contribution >= 0.6 is 22.9 Å². The Morgan fingerprint density at radius 1 is 1.37 bits per heavy atom. The van der Waals surface area contributed by atoms with E-state index in [1.165, 1.54) is 16.2 Å². The van der Waals surface area contributed by atoms with Crippen molar-refractivity contribution >= 4 is 40.4 Å². The van der Waals surface area contributed by atoms with Crippen LogP contribution in [0.2, 0.25) is 5.02 Å². The fourth-order valence-electron chi connectivity index (χ4n) is 2.60. The molecule has 1 N–H and O–H groups in total. The van der Waals surface area contributed by atoms with Gasteiger partial charge in [0.05, 0.1) is 29.4 Å². The van der Waals surface area contributed by atoms with Crippen LogP contribution in [0.5, 0.6) is 0 Å². The number of halogens is 4. The number of rotatable bonds is 4. The van der Waals surface area contributed by atoms with Crippen molar-refractivity contribution in [1.82, 2.24) is 4.90 Å². The molecule has 1 atom stereocenters. The maximum atomic E-state index is 12.9. The molecule has 3 rings (SSSR count). The van der Waals surface area contributed by atoms with Crippen LogP contribution < -0.4 is 5.32 Å². The number of ether oxygens (including phenoxy) is 1. The summed E-state index contributed by atoms with van der Waals surface area (Å²) < 4.78 is 43.8. The van der Waals surface area contributed by atoms with Gasteiger partial charge in [-0.25, -0.2) is 0 Å². The van der Waals surface area contributed by atoms with Crippen LogP contribution in [0.15, 0.2) is 35.7 Å². The number of thiophene rings is 1. The zero-order chi connectivity index (χ0) is 19.6. The van der Waals surface area contributed by atoms with Crippen LogP contribution in [0.4, 0.5) is 18.9 Å². The van der Waals surface area contributed by atoms with Crippen molar-refractivity contribution in [1.29, 1.82) is 0 Å². The van der Waals surface area contributed by atoms with E-state index in [1.54, 1.807) is 0 Å². The Kier molecular flexibility index (Phi) is 5.73. The second kappa shape index (κ2) is 7.87. The molecular formula is C17H14ClF3N2O3S. The van der Waals surface area contributed by atoms with Crippen molar-refractivity contribution in [3.63, 3.8) is 0 Å². The molecule has 1 aliphatic rings. The summed E-state index contributed by atoms with van der Waals surface area (Å²) in [6.07, 6.45) is -4.57. The van der Waals surface area contributed by atoms with Crippen molar-refractivity contribution in [3.8, 4) is 0 Å². The summed E-state index contributed by atoms with van der Waals surface area (Å²) >= 11 is 7.35. The lowest BCUT2D eigenvalue weighted by molar-refractivity contribution is -0.153. The third kappa shape index (κ3) is 4.60. The predicted molar refractivity (Wildman–Crippen MR) is 94.6 cm³/mol. The summed E-state index contributed by atoms with van der Waals surface area (Å²) in [6.45, 7) is 0.00721. The predicted octanol–water partition coefficient (Wildman–Crippen LogP) is 3.79. The quantitative estimate of drug-likeness (QED) is 0.822. The van der Waals surface area contributed by atoms with Gasteiger partial charge in [-0.05, 0) is 29.6 Å². The van der Waals surface area contributed by atoms with Gasteiger partial charge in [-0.2, -0.15) is 13.2 Å². The van der Waals surface area contributed by atoms with Gasteiger partial charge in [-0.15, -0.1) is 11.3 Å². The smallest absolute Gasteiger partial charge is 0.369 e. The molecule has 2 aromatic rings. The van der Waals surface area contributed by atoms with Gasteiger partial charge in [0.15, 0.2) is 0 Å². The lowest BCUT2D eigenvalue weighted by Gasteiger charge is -2.34. The highest BCUT2D eigenvalue weighted by molar-refractivity contribution is 7.09. The third-order valence-corrected chi connectivity index (χ3v) is 5.15. The van der Waals surface area contributed by atoms with Gasteiger partial charge in [-0.3, -0.25) is 9.59 Å². The molecule has 1 saturated heterocycles. The van der Waals surface area contributed by atoms with E-state index >= 15 is 0 Å². The van der Waals surface area contributed by atoms with Gasteiger partial charge in [0.25, 0.3) is 0 Å². The van der Waals surface area contributed by atoms with E-state index in [1.807, 2.05) is 17.5 Å². The van der Waals surface area contributed by atoms with Crippen LogP contribution in [-0.4, -0.2) is 36.0 Å². The number of morpholine rings is 1. The number of carbonyl (C=O) groups excluding carboxylic acids is 2. The molecule has 0 bridgehead atoms. The third-order valence-electron chi connectivity index (χ3n) is 3.96. The molecule has 1 unspecified atom stereocenters. The molecule has 2 amide bonds. The molecule has 1 aromatic heterocycles. The summed E-state index contributed by atoms with van der Waals surface area (Å²) in [5.74, 6) is -1.04. The molecule has 10 heteroatoms. The number of hydrogen-bond acceptors (Lipinski definition) is 4. The first-order chi connectivity index (χ1) is 12.8. The van der Waals surface area contributed by atoms with Gasteiger partial charge < -0.3 is 15.0 Å². The monoisotopic (exact) mass is 418 g/mol. The molecule has 1 aromatic carbocycles. The minimum Gasteiger partial charge on any atom is -0.369 e. The standard InChI is InChI=1S/C17H14ClF3N2O3S/c18-12-4-3-10(17(19,20)21)6-13(12)22-16(25)14-8-26-9-15(24)23(14)7-11-2-1-5-27-11/h1-6,14H,7-9H2,(H,22,25). The molecule has 1 aliphatic heterocycles. The Morgan fingerprint density at radius 3 is 2.81 bits per heavy atom. The van der Waals surface area contributed by atoms with Gasteiger partial charge in [0, 0.05) is 4.88 Å². The van der Waals surface area contributed by atoms with Crippen molar-refractivity contribution in [2.75, 3.05) is 18.5 Å². The molecule has 0 spiro atoms. The molecule has 144 valence electrons. The van der Waals surface area contributed by atoms with E-state index in [0.29, 0.717) is 0 Å². The largest absolute Gasteiger partial charge is 0.416 e. The molecule has 0 aliphatic carbocycles. The Balaban J connectivity index is 1.80. The van der Waals surface area contributed by atoms with Crippen LogP contribution in [0, 0.1) is 0 Å². The highest BCUT2D eigenvalue weighted by atomic mass is 35.5. The van der Waals surface area contributed by atoms with Crippen LogP contribution in [0.1, 0.15) is 10.4 Å². The van der Waals surface area contributed by atoms with Gasteiger partial charge in [0.2, 0.25) is 11.8 Å². The van der Waals surface area contributed by atoms with E-state index in [2.05, 4.69) is 5.32 Å². The van der Waals surface area contributed by atoms with Crippen molar-refractivity contribution in [2.24, 2.45) is 0 Å². The Morgan fingerprint density at radius 2 is 2.15 bits per heavy atom. The van der Waals surface area contributed by atoms with Gasteiger partial charge >= 0.3 is 6.18 Å². The fraction of sp³-hybridized carbons (Fsp3) is 0.294. The Bertz CT molecular complexity index is 842. The molecule has 0 radical (unpaired) electrons. The second-order valence-electron chi connectivity index (χ2n) is 5.81. The lowest BCUT2D eigenvalue weighted by atomic mass is 10.1. The van der Waals surface area contributed by atoms with Gasteiger partial charge in [-0.1, -0.05) is 17.7 Å². The minimum absolute atomic E-state index is 0.0378. The summed E-state index contributed by atoms with van der Waals surface area (Å²) in [6, 6.07) is 5.32. The lowest BCUT2D eigenvalue weighted by Crippen LogP contribution is -2.54. The van der Waals surface area contributed by atoms with Crippen LogP contribution in [0.3, 0.4) is 0 Å². The molecule has 2 heterocycles. The summed E-state index contributed by atoms with van der Waals surface area (Å²) in [5.41, 5.74) is -1.11. The molecule has 0 saturated carbocycles. The first kappa shape index (κ1) is 19.7. The van der Waals surface area contributed by atoms with Crippen molar-refractivity contribution < 1.29 is 27.5 Å². The number of hydrogen-bond donors (Lipinski definition) is 1. The normalized spacial score (nSPS) is 17.9. The minimum atomic E-state index is -4.57. The van der Waals surface area contributed by atoms with E-state index in [4.69, 9.17) is 16.3 Å². The number of nitrogens with zero attached hydrogens (tertiary/aromatic N) is 1. The van der Waals surface area contributed by atoms with E-state index in [-0.39, 0.29) is 36.4 Å². The number of alkyl halides is 3. The first-order valence-corrected chi connectivity index (χ1v) is 9.08. The van der Waals surface area contributed by atoms with Crippen molar-refractivity contribution in [2.45, 2.75) is 18.8 Å². The van der Waals surface area contributed by atoms with E-state index in [9.17, 15) is 22.8 Å². The molecule has 27 heavy (non-hydrogen) atoms. The maximum absolute atomic E-state index is 12.9. The average Bonchev–Trinajstić information content (AvgIpc) is 3.10. The fourth-order valence-corrected chi connectivity index (χ4v) is 3.47. The average molecular weight is 419 g/mol. The second-order valence-corrected chi connectivity index (χ2v) is 7.25. The number of amides is 2. The van der Waals surface area contributed by atoms with Crippen LogP contribution in [-0.2, 0) is 27.0 Å². The van der Waals surface area contributed by atoms with Gasteiger partial charge in [0.1, 0.15) is 12.6 Å². The summed E-state index contributed by atoms with van der Waals surface area (Å²) in [5, 5.41) is 4.19. The van der Waals surface area contributed by atoms with Crippen LogP contribution in [0.25, 0.3) is 0 Å². The summed E-state index contributed by atoms with van der Waals surface area (Å²) in [4.78, 5) is 27.1. The highest BCUT2D eigenvalue weighted by Gasteiger charge is 2.35. The number of carbonyl (C=O) groups is 2.